The van der Waals surface area contributed by atoms with E-state index in [2.05, 4.69) is 199 Å². The van der Waals surface area contributed by atoms with Crippen LogP contribution in [-0.4, -0.2) is 32.8 Å². The fourth-order valence-corrected chi connectivity index (χ4v) is 21.3. The van der Waals surface area contributed by atoms with E-state index in [9.17, 15) is 10.5 Å². The van der Waals surface area contributed by atoms with E-state index in [-0.39, 0.29) is 0 Å². The molecular weight excluding hydrogens is 1010 g/mol. The van der Waals surface area contributed by atoms with Gasteiger partial charge in [-0.25, -0.2) is 0 Å². The third-order valence-electron chi connectivity index (χ3n) is 14.8. The molecule has 7 heteroatoms. The molecule has 13 aromatic rings. The summed E-state index contributed by atoms with van der Waals surface area (Å²) in [6.45, 7) is 0. The molecule has 2 heterocycles. The molecule has 364 valence electrons. The van der Waals surface area contributed by atoms with E-state index < -0.39 is 13.3 Å². The van der Waals surface area contributed by atoms with Crippen LogP contribution in [0, 0.1) is 22.7 Å². The Morgan fingerprint density at radius 2 is 0.654 bits per heavy atom. The van der Waals surface area contributed by atoms with Crippen LogP contribution in [0.25, 0.3) is 95.0 Å². The molecular formula is C71H46GeN6. The molecule has 0 aliphatic heterocycles. The molecule has 2 aromatic heterocycles. The topological polar surface area (TPSA) is 91.2 Å². The fraction of sp³-hybridized carbons (Fsp3) is 0. The van der Waals surface area contributed by atoms with E-state index in [4.69, 9.17) is 15.0 Å². The van der Waals surface area contributed by atoms with Crippen molar-refractivity contribution in [1.29, 1.82) is 10.5 Å². The number of fused-ring (bicyclic) bond motifs is 3. The van der Waals surface area contributed by atoms with E-state index in [1.54, 1.807) is 0 Å². The Morgan fingerprint density at radius 1 is 0.295 bits per heavy atom. The third kappa shape index (κ3) is 8.63. The van der Waals surface area contributed by atoms with Crippen LogP contribution in [0.1, 0.15) is 11.1 Å². The summed E-state index contributed by atoms with van der Waals surface area (Å²) in [6.07, 6.45) is 0. The molecule has 0 aliphatic carbocycles. The standard InChI is InChI=1S/C71H46GeN6/c73-47-49-19-16-25-53(41-49)57-35-38-63-64-39-36-58(54-26-17-20-50(42-54)48-74)46-68(64)78(67(63)45-57)66-40-37-56(44-65(66)71-76-69(51-21-6-1-7-22-51)75-70(77-71)52-23-8-2-9-24-52)55-27-18-34-62(43-55)72(59-28-10-3-11-29-59,60-30-12-4-13-31-60)61-32-14-5-15-33-61/h1-46H. The van der Waals surface area contributed by atoms with Crippen LogP contribution in [0.5, 0.6) is 0 Å². The molecule has 0 saturated carbocycles. The van der Waals surface area contributed by atoms with Crippen LogP contribution in [0.2, 0.25) is 0 Å². The van der Waals surface area contributed by atoms with Gasteiger partial charge in [-0.1, -0.05) is 36.4 Å². The van der Waals surface area contributed by atoms with Crippen molar-refractivity contribution < 1.29 is 0 Å². The van der Waals surface area contributed by atoms with Gasteiger partial charge >= 0.3 is 364 Å². The Kier molecular flexibility index (Phi) is 12.5. The van der Waals surface area contributed by atoms with Crippen molar-refractivity contribution in [2.75, 3.05) is 0 Å². The van der Waals surface area contributed by atoms with Crippen molar-refractivity contribution in [3.05, 3.63) is 290 Å². The zero-order valence-electron chi connectivity index (χ0n) is 42.2. The van der Waals surface area contributed by atoms with Gasteiger partial charge in [0.15, 0.2) is 0 Å². The van der Waals surface area contributed by atoms with E-state index in [0.717, 1.165) is 77.6 Å². The van der Waals surface area contributed by atoms with Gasteiger partial charge in [-0.2, -0.15) is 10.5 Å². The predicted octanol–water partition coefficient (Wildman–Crippen LogP) is 14.1. The first kappa shape index (κ1) is 47.5. The van der Waals surface area contributed by atoms with Crippen molar-refractivity contribution in [2.45, 2.75) is 0 Å². The molecule has 11 aromatic carbocycles. The smallest absolute Gasteiger partial charge is 0.0365 e. The summed E-state index contributed by atoms with van der Waals surface area (Å²) in [5.41, 5.74) is 12.5. The van der Waals surface area contributed by atoms with Crippen molar-refractivity contribution in [2.24, 2.45) is 0 Å². The number of hydrogen-bond donors (Lipinski definition) is 0. The molecule has 0 atom stereocenters. The maximum atomic E-state index is 9.98. The van der Waals surface area contributed by atoms with Crippen molar-refractivity contribution in [3.63, 3.8) is 0 Å². The maximum absolute atomic E-state index is 9.98. The van der Waals surface area contributed by atoms with Crippen LogP contribution in [0.15, 0.2) is 279 Å². The van der Waals surface area contributed by atoms with Crippen molar-refractivity contribution in [1.82, 2.24) is 19.5 Å². The number of rotatable bonds is 11. The maximum Gasteiger partial charge on any atom is -0.0365 e. The van der Waals surface area contributed by atoms with E-state index in [1.165, 1.54) is 17.6 Å². The second-order valence-electron chi connectivity index (χ2n) is 19.4. The van der Waals surface area contributed by atoms with Gasteiger partial charge in [-0.3, -0.25) is 0 Å². The van der Waals surface area contributed by atoms with Gasteiger partial charge in [-0.15, -0.1) is 0 Å². The summed E-state index contributed by atoms with van der Waals surface area (Å²) in [5.74, 6) is 1.64. The number of benzene rings is 11. The average Bonchev–Trinajstić information content (AvgIpc) is 3.94. The van der Waals surface area contributed by atoms with Gasteiger partial charge in [-0.05, 0) is 24.3 Å². The van der Waals surface area contributed by atoms with Crippen LogP contribution < -0.4 is 17.6 Å². The molecule has 0 saturated heterocycles. The minimum atomic E-state index is -3.68. The number of nitrogens with zero attached hydrogens (tertiary/aromatic N) is 6. The Labute approximate surface area is 455 Å². The summed E-state index contributed by atoms with van der Waals surface area (Å²) in [5, 5.41) is 22.1. The van der Waals surface area contributed by atoms with E-state index >= 15 is 0 Å². The number of nitriles is 2. The van der Waals surface area contributed by atoms with E-state index in [1.807, 2.05) is 97.1 Å². The summed E-state index contributed by atoms with van der Waals surface area (Å²) >= 11 is -3.68. The number of hydrogen-bond acceptors (Lipinski definition) is 5. The predicted molar refractivity (Wildman–Crippen MR) is 320 cm³/mol. The van der Waals surface area contributed by atoms with Gasteiger partial charge in [0.2, 0.25) is 0 Å². The Balaban J connectivity index is 1.11. The summed E-state index contributed by atoms with van der Waals surface area (Å²) in [4.78, 5) is 16.0. The summed E-state index contributed by atoms with van der Waals surface area (Å²) < 4.78 is 7.68. The van der Waals surface area contributed by atoms with Gasteiger partial charge in [0.05, 0.1) is 23.3 Å². The average molecular weight is 1060 g/mol. The third-order valence-corrected chi connectivity index (χ3v) is 24.9. The Morgan fingerprint density at radius 3 is 1.12 bits per heavy atom. The quantitative estimate of drug-likeness (QED) is 0.120. The largest absolute Gasteiger partial charge is 0.0365 e. The monoisotopic (exact) mass is 1060 g/mol. The van der Waals surface area contributed by atoms with Gasteiger partial charge in [0, 0.05) is 0 Å². The zero-order valence-corrected chi connectivity index (χ0v) is 44.3. The van der Waals surface area contributed by atoms with Crippen LogP contribution in [0.3, 0.4) is 0 Å². The Bertz CT molecular complexity index is 4180. The molecule has 0 unspecified atom stereocenters. The molecule has 6 nitrogen and oxygen atoms in total. The molecule has 0 fully saturated rings. The van der Waals surface area contributed by atoms with Gasteiger partial charge in [0.25, 0.3) is 0 Å². The first-order chi connectivity index (χ1) is 38.5. The summed E-state index contributed by atoms with van der Waals surface area (Å²) in [6, 6.07) is 103. The molecule has 78 heavy (non-hydrogen) atoms. The minimum Gasteiger partial charge on any atom is -0.0365 e. The number of aromatic nitrogens is 4. The van der Waals surface area contributed by atoms with Crippen molar-refractivity contribution >= 4 is 52.7 Å². The van der Waals surface area contributed by atoms with E-state index in [0.29, 0.717) is 28.6 Å². The first-order valence-corrected chi connectivity index (χ1v) is 30.1. The SMILES string of the molecule is N#Cc1cccc(-c2ccc3c4ccc(-c5cccc(C#N)c5)cc4n(-c4ccc(-c5ccc[c]([Ge]([c]6ccccc6)([c]6ccccc6)[c]6ccccc6)c5)cc4-c4nc(-c5ccccc5)nc(-c5ccccc5)n4)c3c2)c1. The van der Waals surface area contributed by atoms with Crippen LogP contribution in [-0.2, 0) is 0 Å². The minimum absolute atomic E-state index is 0.520. The van der Waals surface area contributed by atoms with Crippen LogP contribution in [0.4, 0.5) is 0 Å². The van der Waals surface area contributed by atoms with Gasteiger partial charge in [0.1, 0.15) is 0 Å². The second-order valence-corrected chi connectivity index (χ2v) is 27.4. The fourth-order valence-electron chi connectivity index (χ4n) is 11.2. The molecule has 0 aliphatic rings. The molecule has 0 radical (unpaired) electrons. The van der Waals surface area contributed by atoms with Crippen LogP contribution >= 0.6 is 0 Å². The van der Waals surface area contributed by atoms with Crippen molar-refractivity contribution in [3.8, 4) is 85.4 Å². The summed E-state index contributed by atoms with van der Waals surface area (Å²) in [7, 11) is 0. The second kappa shape index (κ2) is 20.5. The Hall–Kier alpha value is -10.2. The van der Waals surface area contributed by atoms with Gasteiger partial charge < -0.3 is 0 Å². The zero-order chi connectivity index (χ0) is 52.4. The molecule has 0 amide bonds. The first-order valence-electron chi connectivity index (χ1n) is 25.9. The molecule has 0 N–H and O–H groups in total. The molecule has 13 rings (SSSR count). The molecule has 0 bridgehead atoms. The molecule has 0 spiro atoms. The normalized spacial score (nSPS) is 11.3.